The van der Waals surface area contributed by atoms with Gasteiger partial charge in [0.15, 0.2) is 0 Å². The minimum absolute atomic E-state index is 0.0668. The monoisotopic (exact) mass is 376 g/mol. The number of carbonyl (C=O) groups is 2. The van der Waals surface area contributed by atoms with Crippen molar-refractivity contribution in [1.29, 1.82) is 0 Å². The molecule has 1 aromatic rings. The first kappa shape index (κ1) is 19.6. The van der Waals surface area contributed by atoms with Crippen LogP contribution in [0.25, 0.3) is 0 Å². The van der Waals surface area contributed by atoms with Crippen LogP contribution in [0.3, 0.4) is 0 Å². The summed E-state index contributed by atoms with van der Waals surface area (Å²) in [6, 6.07) is 2.92. The fourth-order valence-electron chi connectivity index (χ4n) is 2.94. The quantitative estimate of drug-likeness (QED) is 0.850. The van der Waals surface area contributed by atoms with Crippen LogP contribution in [-0.2, 0) is 22.3 Å². The van der Waals surface area contributed by atoms with Crippen molar-refractivity contribution in [3.8, 4) is 0 Å². The van der Waals surface area contributed by atoms with E-state index in [1.54, 1.807) is 4.90 Å². The molecule has 1 saturated heterocycles. The van der Waals surface area contributed by atoms with E-state index in [-0.39, 0.29) is 30.0 Å². The van der Waals surface area contributed by atoms with Gasteiger partial charge in [0.25, 0.3) is 0 Å². The van der Waals surface area contributed by atoms with Crippen molar-refractivity contribution >= 4 is 23.4 Å². The van der Waals surface area contributed by atoms with Gasteiger partial charge in [0.05, 0.1) is 10.6 Å². The average molecular weight is 377 g/mol. The molecule has 1 aromatic carbocycles. The van der Waals surface area contributed by atoms with Gasteiger partial charge >= 0.3 is 6.18 Å². The summed E-state index contributed by atoms with van der Waals surface area (Å²) in [5.41, 5.74) is -0.748. The summed E-state index contributed by atoms with van der Waals surface area (Å²) in [5, 5.41) is 2.19. The van der Waals surface area contributed by atoms with Crippen LogP contribution in [0, 0.1) is 0 Å². The second-order valence-corrected chi connectivity index (χ2v) is 6.48. The minimum atomic E-state index is -4.55. The third-order valence-electron chi connectivity index (χ3n) is 4.46. The summed E-state index contributed by atoms with van der Waals surface area (Å²) >= 11 is 5.83. The maximum Gasteiger partial charge on any atom is 0.417 e. The Hall–Kier alpha value is -1.76. The van der Waals surface area contributed by atoms with Gasteiger partial charge < -0.3 is 10.2 Å². The third-order valence-corrected chi connectivity index (χ3v) is 4.91. The molecule has 1 N–H and O–H groups in total. The van der Waals surface area contributed by atoms with Gasteiger partial charge in [-0.25, -0.2) is 0 Å². The Labute approximate surface area is 149 Å². The van der Waals surface area contributed by atoms with Crippen LogP contribution in [0.15, 0.2) is 18.2 Å². The van der Waals surface area contributed by atoms with Gasteiger partial charge in [0.2, 0.25) is 11.8 Å². The summed E-state index contributed by atoms with van der Waals surface area (Å²) in [6.07, 6.45) is -3.13. The number of amides is 2. The number of halogens is 4. The van der Waals surface area contributed by atoms with Crippen LogP contribution in [0.2, 0.25) is 5.02 Å². The molecule has 2 atom stereocenters. The van der Waals surface area contributed by atoms with E-state index in [4.69, 9.17) is 11.6 Å². The summed E-state index contributed by atoms with van der Waals surface area (Å²) < 4.78 is 38.6. The molecule has 0 aliphatic carbocycles. The number of alkyl halides is 3. The van der Waals surface area contributed by atoms with Crippen molar-refractivity contribution in [1.82, 2.24) is 10.2 Å². The minimum Gasteiger partial charge on any atom is -0.350 e. The zero-order valence-corrected chi connectivity index (χ0v) is 14.7. The summed E-state index contributed by atoms with van der Waals surface area (Å²) in [7, 11) is 0. The van der Waals surface area contributed by atoms with E-state index in [2.05, 4.69) is 5.32 Å². The molecule has 0 bridgehead atoms. The van der Waals surface area contributed by atoms with E-state index >= 15 is 0 Å². The van der Waals surface area contributed by atoms with Crippen LogP contribution < -0.4 is 5.32 Å². The van der Waals surface area contributed by atoms with E-state index in [0.717, 1.165) is 12.5 Å². The van der Waals surface area contributed by atoms with Crippen LogP contribution in [0.4, 0.5) is 13.2 Å². The molecule has 2 rings (SSSR count). The number of carbonyl (C=O) groups excluding carboxylic acids is 2. The number of rotatable bonds is 5. The molecule has 1 aliphatic rings. The van der Waals surface area contributed by atoms with Crippen LogP contribution in [0.5, 0.6) is 0 Å². The molecule has 0 spiro atoms. The lowest BCUT2D eigenvalue weighted by Crippen LogP contribution is -2.48. The molecular weight excluding hydrogens is 357 g/mol. The molecule has 2 amide bonds. The molecule has 8 heteroatoms. The molecule has 1 unspecified atom stereocenters. The first-order chi connectivity index (χ1) is 11.7. The standard InChI is InChI=1S/C17H20ClF3N2O2/c1-3-10(2)23-13(7-8-14(23)24)16(25)22-9-11-5-4-6-12(15(11)18)17(19,20)21/h4-6,10,13H,3,7-9H2,1-2H3,(H,22,25)/t10?,13-/m1/s1. The van der Waals surface area contributed by atoms with Crippen molar-refractivity contribution < 1.29 is 22.8 Å². The molecule has 0 aromatic heterocycles. The van der Waals surface area contributed by atoms with Gasteiger partial charge in [-0.1, -0.05) is 30.7 Å². The van der Waals surface area contributed by atoms with Crippen LogP contribution in [-0.4, -0.2) is 28.8 Å². The highest BCUT2D eigenvalue weighted by Gasteiger charge is 2.38. The van der Waals surface area contributed by atoms with Gasteiger partial charge in [-0.15, -0.1) is 0 Å². The highest BCUT2D eigenvalue weighted by atomic mass is 35.5. The zero-order valence-electron chi connectivity index (χ0n) is 14.0. The Morgan fingerprint density at radius 3 is 2.72 bits per heavy atom. The number of hydrogen-bond donors (Lipinski definition) is 1. The molecule has 4 nitrogen and oxygen atoms in total. The normalized spacial score (nSPS) is 19.2. The SMILES string of the molecule is CCC(C)N1C(=O)CC[C@@H]1C(=O)NCc1cccc(C(F)(F)F)c1Cl. The highest BCUT2D eigenvalue weighted by Crippen LogP contribution is 2.36. The Morgan fingerprint density at radius 2 is 2.12 bits per heavy atom. The van der Waals surface area contributed by atoms with E-state index < -0.39 is 22.8 Å². The Morgan fingerprint density at radius 1 is 1.44 bits per heavy atom. The number of nitrogens with zero attached hydrogens (tertiary/aromatic N) is 1. The highest BCUT2D eigenvalue weighted by molar-refractivity contribution is 6.32. The van der Waals surface area contributed by atoms with Crippen molar-refractivity contribution in [2.75, 3.05) is 0 Å². The molecule has 25 heavy (non-hydrogen) atoms. The van der Waals surface area contributed by atoms with Crippen LogP contribution in [0.1, 0.15) is 44.2 Å². The maximum absolute atomic E-state index is 12.9. The van der Waals surface area contributed by atoms with Gasteiger partial charge in [-0.3, -0.25) is 9.59 Å². The zero-order chi connectivity index (χ0) is 18.8. The largest absolute Gasteiger partial charge is 0.417 e. The summed E-state index contributed by atoms with van der Waals surface area (Å²) in [6.45, 7) is 3.67. The van der Waals surface area contributed by atoms with Gasteiger partial charge in [-0.05, 0) is 31.4 Å². The van der Waals surface area contributed by atoms with Crippen molar-refractivity contribution in [2.24, 2.45) is 0 Å². The molecular formula is C17H20ClF3N2O2. The van der Waals surface area contributed by atoms with E-state index in [1.165, 1.54) is 12.1 Å². The second-order valence-electron chi connectivity index (χ2n) is 6.11. The fourth-order valence-corrected chi connectivity index (χ4v) is 3.24. The second kappa shape index (κ2) is 7.64. The third kappa shape index (κ3) is 4.26. The van der Waals surface area contributed by atoms with Gasteiger partial charge in [0, 0.05) is 19.0 Å². The first-order valence-electron chi connectivity index (χ1n) is 8.10. The van der Waals surface area contributed by atoms with Gasteiger partial charge in [0.1, 0.15) is 6.04 Å². The average Bonchev–Trinajstić information content (AvgIpc) is 2.93. The van der Waals surface area contributed by atoms with Crippen molar-refractivity contribution in [2.45, 2.75) is 57.9 Å². The van der Waals surface area contributed by atoms with Crippen molar-refractivity contribution in [3.63, 3.8) is 0 Å². The van der Waals surface area contributed by atoms with E-state index in [9.17, 15) is 22.8 Å². The van der Waals surface area contributed by atoms with Crippen LogP contribution >= 0.6 is 11.6 Å². The predicted octanol–water partition coefficient (Wildman–Crippen LogP) is 3.76. The fraction of sp³-hybridized carbons (Fsp3) is 0.529. The number of nitrogens with one attached hydrogen (secondary N) is 1. The maximum atomic E-state index is 12.9. The molecule has 138 valence electrons. The Kier molecular flexibility index (Phi) is 5.98. The Balaban J connectivity index is 2.09. The lowest BCUT2D eigenvalue weighted by atomic mass is 10.1. The summed E-state index contributed by atoms with van der Waals surface area (Å²) in [4.78, 5) is 25.9. The van der Waals surface area contributed by atoms with E-state index in [1.807, 2.05) is 13.8 Å². The lowest BCUT2D eigenvalue weighted by molar-refractivity contribution is -0.137. The molecule has 1 fully saturated rings. The molecule has 1 heterocycles. The topological polar surface area (TPSA) is 49.4 Å². The van der Waals surface area contributed by atoms with E-state index in [0.29, 0.717) is 12.8 Å². The smallest absolute Gasteiger partial charge is 0.350 e. The number of hydrogen-bond acceptors (Lipinski definition) is 2. The van der Waals surface area contributed by atoms with Gasteiger partial charge in [-0.2, -0.15) is 13.2 Å². The lowest BCUT2D eigenvalue weighted by Gasteiger charge is -2.29. The van der Waals surface area contributed by atoms with Crippen molar-refractivity contribution in [3.05, 3.63) is 34.3 Å². The number of benzene rings is 1. The predicted molar refractivity (Wildman–Crippen MR) is 87.9 cm³/mol. The molecule has 1 aliphatic heterocycles. The Bertz CT molecular complexity index is 664. The summed E-state index contributed by atoms with van der Waals surface area (Å²) in [5.74, 6) is -0.453. The first-order valence-corrected chi connectivity index (χ1v) is 8.48. The molecule has 0 radical (unpaired) electrons. The number of likely N-dealkylation sites (tertiary alicyclic amines) is 1. The molecule has 0 saturated carbocycles.